The molecule has 1 aromatic heterocycles. The van der Waals surface area contributed by atoms with E-state index in [0.717, 1.165) is 12.8 Å². The van der Waals surface area contributed by atoms with Gasteiger partial charge in [0, 0.05) is 18.9 Å². The summed E-state index contributed by atoms with van der Waals surface area (Å²) in [6.07, 6.45) is 4.43. The van der Waals surface area contributed by atoms with E-state index in [4.69, 9.17) is 5.26 Å². The second-order valence-corrected chi connectivity index (χ2v) is 3.89. The number of nitrogens with one attached hydrogen (secondary N) is 1. The number of nitriles is 1. The highest BCUT2D eigenvalue weighted by Gasteiger charge is 2.15. The van der Waals surface area contributed by atoms with Gasteiger partial charge in [-0.15, -0.1) is 0 Å². The zero-order chi connectivity index (χ0) is 12.7. The molecule has 1 rings (SSSR count). The van der Waals surface area contributed by atoms with Crippen LogP contribution in [-0.2, 0) is 0 Å². The Morgan fingerprint density at radius 1 is 1.35 bits per heavy atom. The average Bonchev–Trinajstić information content (AvgIpc) is 2.38. The summed E-state index contributed by atoms with van der Waals surface area (Å²) in [4.78, 5) is 7.92. The largest absolute Gasteiger partial charge is 0.391 e. The molecule has 0 aliphatic carbocycles. The zero-order valence-electron chi connectivity index (χ0n) is 10.2. The van der Waals surface area contributed by atoms with Gasteiger partial charge in [-0.2, -0.15) is 5.26 Å². The Morgan fingerprint density at radius 2 is 2.00 bits per heavy atom. The van der Waals surface area contributed by atoms with Crippen LogP contribution in [0, 0.1) is 17.2 Å². The summed E-state index contributed by atoms with van der Waals surface area (Å²) < 4.78 is 0. The van der Waals surface area contributed by atoms with Gasteiger partial charge in [0.2, 0.25) is 0 Å². The molecule has 0 bridgehead atoms. The maximum atomic E-state index is 9.94. The molecule has 0 aliphatic heterocycles. The van der Waals surface area contributed by atoms with E-state index in [1.807, 2.05) is 6.07 Å². The molecule has 5 heteroatoms. The Hall–Kier alpha value is -1.67. The van der Waals surface area contributed by atoms with Gasteiger partial charge < -0.3 is 10.4 Å². The van der Waals surface area contributed by atoms with Gasteiger partial charge in [-0.3, -0.25) is 0 Å². The van der Waals surface area contributed by atoms with Crippen molar-refractivity contribution in [3.8, 4) is 6.07 Å². The lowest BCUT2D eigenvalue weighted by molar-refractivity contribution is 0.114. The van der Waals surface area contributed by atoms with E-state index in [9.17, 15) is 5.11 Å². The second kappa shape index (κ2) is 6.81. The minimum atomic E-state index is -0.432. The van der Waals surface area contributed by atoms with Gasteiger partial charge in [-0.25, -0.2) is 9.97 Å². The van der Waals surface area contributed by atoms with E-state index in [1.165, 1.54) is 12.4 Å². The Labute approximate surface area is 102 Å². The standard InChI is InChI=1S/C12H18N4O/c1-3-9(4-2)11(17)8-16-12-10(7-13)14-5-6-15-12/h5-6,9,11,17H,3-4,8H2,1-2H3,(H,15,16). The summed E-state index contributed by atoms with van der Waals surface area (Å²) in [6, 6.07) is 1.96. The molecule has 1 unspecified atom stereocenters. The predicted molar refractivity (Wildman–Crippen MR) is 65.3 cm³/mol. The van der Waals surface area contributed by atoms with E-state index >= 15 is 0 Å². The zero-order valence-corrected chi connectivity index (χ0v) is 10.2. The van der Waals surface area contributed by atoms with Gasteiger partial charge in [-0.1, -0.05) is 26.7 Å². The summed E-state index contributed by atoms with van der Waals surface area (Å²) in [5.41, 5.74) is 0.254. The predicted octanol–water partition coefficient (Wildman–Crippen LogP) is 1.56. The molecule has 2 N–H and O–H groups in total. The van der Waals surface area contributed by atoms with Crippen molar-refractivity contribution in [2.75, 3.05) is 11.9 Å². The van der Waals surface area contributed by atoms with Crippen molar-refractivity contribution in [3.63, 3.8) is 0 Å². The molecule has 0 saturated carbocycles. The van der Waals surface area contributed by atoms with Gasteiger partial charge >= 0.3 is 0 Å². The first kappa shape index (κ1) is 13.4. The second-order valence-electron chi connectivity index (χ2n) is 3.89. The summed E-state index contributed by atoms with van der Waals surface area (Å²) in [6.45, 7) is 4.50. The molecular formula is C12H18N4O. The molecule has 1 atom stereocenters. The molecule has 0 radical (unpaired) electrons. The molecule has 0 amide bonds. The molecule has 0 saturated heterocycles. The number of aliphatic hydroxyl groups excluding tert-OH is 1. The summed E-state index contributed by atoms with van der Waals surface area (Å²) >= 11 is 0. The van der Waals surface area contributed by atoms with Gasteiger partial charge in [0.15, 0.2) is 11.5 Å². The van der Waals surface area contributed by atoms with E-state index in [1.54, 1.807) is 0 Å². The number of hydrogen-bond donors (Lipinski definition) is 2. The molecule has 17 heavy (non-hydrogen) atoms. The SMILES string of the molecule is CCC(CC)C(O)CNc1nccnc1C#N. The lowest BCUT2D eigenvalue weighted by atomic mass is 9.96. The molecule has 0 aromatic carbocycles. The number of hydrogen-bond acceptors (Lipinski definition) is 5. The van der Waals surface area contributed by atoms with Gasteiger partial charge in [0.25, 0.3) is 0 Å². The Balaban J connectivity index is 2.58. The topological polar surface area (TPSA) is 81.8 Å². The van der Waals surface area contributed by atoms with E-state index in [2.05, 4.69) is 29.1 Å². The third kappa shape index (κ3) is 3.68. The fraction of sp³-hybridized carbons (Fsp3) is 0.583. The number of aromatic nitrogens is 2. The van der Waals surface area contributed by atoms with Gasteiger partial charge in [-0.05, 0) is 5.92 Å². The molecule has 0 fully saturated rings. The van der Waals surface area contributed by atoms with Gasteiger partial charge in [0.1, 0.15) is 6.07 Å². The van der Waals surface area contributed by atoms with Crippen LogP contribution in [0.25, 0.3) is 0 Å². The fourth-order valence-corrected chi connectivity index (χ4v) is 1.75. The average molecular weight is 234 g/mol. The van der Waals surface area contributed by atoms with Crippen LogP contribution >= 0.6 is 0 Å². The normalized spacial score (nSPS) is 12.2. The first-order chi connectivity index (χ1) is 8.22. The van der Waals surface area contributed by atoms with Crippen LogP contribution in [0.5, 0.6) is 0 Å². The highest BCUT2D eigenvalue weighted by molar-refractivity contribution is 5.46. The maximum Gasteiger partial charge on any atom is 0.182 e. The summed E-state index contributed by atoms with van der Waals surface area (Å²) in [5, 5.41) is 21.7. The number of nitrogens with zero attached hydrogens (tertiary/aromatic N) is 3. The van der Waals surface area contributed by atoms with Crippen LogP contribution in [0.2, 0.25) is 0 Å². The van der Waals surface area contributed by atoms with Crippen molar-refractivity contribution in [2.24, 2.45) is 5.92 Å². The minimum absolute atomic E-state index is 0.254. The maximum absolute atomic E-state index is 9.94. The van der Waals surface area contributed by atoms with Crippen LogP contribution in [-0.4, -0.2) is 27.7 Å². The fourth-order valence-electron chi connectivity index (χ4n) is 1.75. The smallest absolute Gasteiger partial charge is 0.182 e. The third-order valence-corrected chi connectivity index (χ3v) is 2.88. The molecule has 1 aromatic rings. The quantitative estimate of drug-likeness (QED) is 0.780. The number of anilines is 1. The molecular weight excluding hydrogens is 216 g/mol. The van der Waals surface area contributed by atoms with Crippen molar-refractivity contribution in [1.82, 2.24) is 9.97 Å². The number of aliphatic hydroxyl groups is 1. The molecule has 92 valence electrons. The molecule has 1 heterocycles. The molecule has 0 aliphatic rings. The van der Waals surface area contributed by atoms with Crippen molar-refractivity contribution >= 4 is 5.82 Å². The molecule has 0 spiro atoms. The monoisotopic (exact) mass is 234 g/mol. The molecule has 5 nitrogen and oxygen atoms in total. The van der Waals surface area contributed by atoms with Crippen molar-refractivity contribution < 1.29 is 5.11 Å². The minimum Gasteiger partial charge on any atom is -0.391 e. The van der Waals surface area contributed by atoms with Crippen LogP contribution in [0.15, 0.2) is 12.4 Å². The van der Waals surface area contributed by atoms with E-state index < -0.39 is 6.10 Å². The van der Waals surface area contributed by atoms with Crippen LogP contribution in [0.1, 0.15) is 32.4 Å². The summed E-state index contributed by atoms with van der Waals surface area (Å²) in [5.74, 6) is 0.699. The summed E-state index contributed by atoms with van der Waals surface area (Å²) in [7, 11) is 0. The Kier molecular flexibility index (Phi) is 5.37. The van der Waals surface area contributed by atoms with Crippen LogP contribution < -0.4 is 5.32 Å². The lowest BCUT2D eigenvalue weighted by Crippen LogP contribution is -2.28. The Bertz CT molecular complexity index is 384. The Morgan fingerprint density at radius 3 is 2.59 bits per heavy atom. The van der Waals surface area contributed by atoms with E-state index in [-0.39, 0.29) is 11.6 Å². The lowest BCUT2D eigenvalue weighted by Gasteiger charge is -2.20. The first-order valence-corrected chi connectivity index (χ1v) is 5.85. The third-order valence-electron chi connectivity index (χ3n) is 2.88. The van der Waals surface area contributed by atoms with Crippen molar-refractivity contribution in [3.05, 3.63) is 18.1 Å². The first-order valence-electron chi connectivity index (χ1n) is 5.85. The van der Waals surface area contributed by atoms with Crippen LogP contribution in [0.3, 0.4) is 0 Å². The van der Waals surface area contributed by atoms with E-state index in [0.29, 0.717) is 12.4 Å². The van der Waals surface area contributed by atoms with Gasteiger partial charge in [0.05, 0.1) is 6.10 Å². The van der Waals surface area contributed by atoms with Crippen molar-refractivity contribution in [2.45, 2.75) is 32.8 Å². The van der Waals surface area contributed by atoms with Crippen LogP contribution in [0.4, 0.5) is 5.82 Å². The number of rotatable bonds is 6. The highest BCUT2D eigenvalue weighted by Crippen LogP contribution is 2.14. The van der Waals surface area contributed by atoms with Crippen molar-refractivity contribution in [1.29, 1.82) is 5.26 Å². The highest BCUT2D eigenvalue weighted by atomic mass is 16.3.